The molecule has 0 aliphatic heterocycles. The van der Waals surface area contributed by atoms with E-state index in [-0.39, 0.29) is 0 Å². The van der Waals surface area contributed by atoms with Crippen LogP contribution in [0.25, 0.3) is 82.8 Å². The first-order chi connectivity index (χ1) is 31.3. The summed E-state index contributed by atoms with van der Waals surface area (Å²) >= 11 is 0. The van der Waals surface area contributed by atoms with E-state index in [0.29, 0.717) is 0 Å². The Labute approximate surface area is 367 Å². The van der Waals surface area contributed by atoms with Crippen molar-refractivity contribution >= 4 is 66.1 Å². The normalized spacial score (nSPS) is 12.7. The molecule has 0 N–H and O–H groups in total. The third-order valence-electron chi connectivity index (χ3n) is 12.8. The van der Waals surface area contributed by atoms with E-state index in [4.69, 9.17) is 0 Å². The lowest BCUT2D eigenvalue weighted by atomic mass is 9.91. The zero-order valence-corrected chi connectivity index (χ0v) is 34.8. The standard InChI is InChI=1S/C60H43N3/c1-5-18-43(19-6-1)58-55-41-40-51-50(28-17-29-54(51)60(55)63(46-24-11-4-12-25-46)59(58)44-20-7-2-8-21-44)42-32-34-47(35-33-42)61(45-22-9-3-10-23-45)48-36-38-49(39-37-48)62-56-30-15-13-26-52(56)53-27-14-16-31-57(53)62/h1-5,7-18,20-41H,6,19H2. The second kappa shape index (κ2) is 15.4. The van der Waals surface area contributed by atoms with Crippen LogP contribution >= 0.6 is 0 Å². The van der Waals surface area contributed by atoms with E-state index in [2.05, 4.69) is 251 Å². The van der Waals surface area contributed by atoms with Crippen LogP contribution in [0.1, 0.15) is 18.4 Å². The fourth-order valence-corrected chi connectivity index (χ4v) is 9.99. The van der Waals surface area contributed by atoms with Crippen LogP contribution in [0.15, 0.2) is 237 Å². The van der Waals surface area contributed by atoms with Crippen LogP contribution in [0, 0.1) is 0 Å². The van der Waals surface area contributed by atoms with Crippen molar-refractivity contribution in [2.75, 3.05) is 4.90 Å². The summed E-state index contributed by atoms with van der Waals surface area (Å²) in [7, 11) is 0. The van der Waals surface area contributed by atoms with E-state index in [1.54, 1.807) is 0 Å². The van der Waals surface area contributed by atoms with Gasteiger partial charge in [0.15, 0.2) is 0 Å². The lowest BCUT2D eigenvalue weighted by Gasteiger charge is -2.26. The van der Waals surface area contributed by atoms with Crippen LogP contribution in [-0.2, 0) is 0 Å². The minimum absolute atomic E-state index is 1.01. The molecule has 3 nitrogen and oxygen atoms in total. The zero-order chi connectivity index (χ0) is 41.7. The maximum atomic E-state index is 2.51. The number of para-hydroxylation sites is 4. The smallest absolute Gasteiger partial charge is 0.0620 e. The van der Waals surface area contributed by atoms with Gasteiger partial charge in [0.2, 0.25) is 0 Å². The van der Waals surface area contributed by atoms with Crippen molar-refractivity contribution in [1.82, 2.24) is 9.13 Å². The van der Waals surface area contributed by atoms with Gasteiger partial charge in [-0.3, -0.25) is 0 Å². The first-order valence-corrected chi connectivity index (χ1v) is 21.9. The monoisotopic (exact) mass is 805 g/mol. The summed E-state index contributed by atoms with van der Waals surface area (Å²) < 4.78 is 4.89. The predicted molar refractivity (Wildman–Crippen MR) is 267 cm³/mol. The number of rotatable bonds is 8. The van der Waals surface area contributed by atoms with Crippen molar-refractivity contribution < 1.29 is 0 Å². The summed E-state index contributed by atoms with van der Waals surface area (Å²) in [6.07, 6.45) is 8.88. The van der Waals surface area contributed by atoms with Gasteiger partial charge in [0.05, 0.1) is 22.2 Å². The van der Waals surface area contributed by atoms with Gasteiger partial charge in [0, 0.05) is 55.5 Å². The first kappa shape index (κ1) is 36.7. The van der Waals surface area contributed by atoms with Gasteiger partial charge in [-0.15, -0.1) is 0 Å². The molecule has 1 aliphatic rings. The van der Waals surface area contributed by atoms with Gasteiger partial charge in [-0.05, 0) is 113 Å². The second-order valence-electron chi connectivity index (χ2n) is 16.4. The number of benzene rings is 9. The molecule has 0 amide bonds. The Bertz CT molecular complexity index is 3470. The molecular weight excluding hydrogens is 763 g/mol. The Morgan fingerprint density at radius 1 is 0.381 bits per heavy atom. The highest BCUT2D eigenvalue weighted by molar-refractivity contribution is 6.17. The minimum atomic E-state index is 1.01. The highest BCUT2D eigenvalue weighted by Gasteiger charge is 2.25. The number of fused-ring (bicyclic) bond motifs is 6. The molecule has 2 aromatic heterocycles. The van der Waals surface area contributed by atoms with Crippen LogP contribution in [0.4, 0.5) is 17.1 Å². The Balaban J connectivity index is 0.984. The highest BCUT2D eigenvalue weighted by atomic mass is 15.1. The van der Waals surface area contributed by atoms with Gasteiger partial charge >= 0.3 is 0 Å². The molecule has 9 aromatic carbocycles. The molecule has 0 radical (unpaired) electrons. The Morgan fingerprint density at radius 2 is 0.937 bits per heavy atom. The Morgan fingerprint density at radius 3 is 1.60 bits per heavy atom. The van der Waals surface area contributed by atoms with Crippen LogP contribution in [0.2, 0.25) is 0 Å². The van der Waals surface area contributed by atoms with Crippen molar-refractivity contribution in [2.24, 2.45) is 0 Å². The van der Waals surface area contributed by atoms with Gasteiger partial charge in [0.1, 0.15) is 0 Å². The number of hydrogen-bond acceptors (Lipinski definition) is 1. The largest absolute Gasteiger partial charge is 0.311 e. The predicted octanol–water partition coefficient (Wildman–Crippen LogP) is 16.4. The quantitative estimate of drug-likeness (QED) is 0.149. The number of aromatic nitrogens is 2. The van der Waals surface area contributed by atoms with Crippen molar-refractivity contribution in [3.63, 3.8) is 0 Å². The van der Waals surface area contributed by atoms with Crippen LogP contribution < -0.4 is 4.90 Å². The van der Waals surface area contributed by atoms with E-state index in [0.717, 1.165) is 41.3 Å². The van der Waals surface area contributed by atoms with Gasteiger partial charge in [-0.25, -0.2) is 0 Å². The summed E-state index contributed by atoms with van der Waals surface area (Å²) in [5, 5.41) is 6.28. The maximum Gasteiger partial charge on any atom is 0.0620 e. The average molecular weight is 806 g/mol. The Hall–Kier alpha value is -8.14. The molecule has 0 atom stereocenters. The molecular formula is C60H43N3. The molecule has 3 heteroatoms. The zero-order valence-electron chi connectivity index (χ0n) is 34.8. The molecule has 0 unspecified atom stereocenters. The summed E-state index contributed by atoms with van der Waals surface area (Å²) in [6, 6.07) is 79.5. The molecule has 63 heavy (non-hydrogen) atoms. The average Bonchev–Trinajstić information content (AvgIpc) is 3.90. The van der Waals surface area contributed by atoms with E-state index < -0.39 is 0 Å². The van der Waals surface area contributed by atoms with Gasteiger partial charge < -0.3 is 14.0 Å². The topological polar surface area (TPSA) is 13.1 Å². The SMILES string of the molecule is C1=CCCC(c2c(-c3ccccc3)n(-c3ccccc3)c3c2ccc2c(-c4ccc(N(c5ccccc5)c5ccc(-n6c7ccccc7c7ccccc76)cc5)cc4)cccc23)=C1. The summed E-state index contributed by atoms with van der Waals surface area (Å²) in [4.78, 5) is 2.35. The fourth-order valence-electron chi connectivity index (χ4n) is 9.99. The molecule has 1 aliphatic carbocycles. The molecule has 11 aromatic rings. The molecule has 0 saturated carbocycles. The molecule has 0 fully saturated rings. The maximum absolute atomic E-state index is 2.51. The van der Waals surface area contributed by atoms with Crippen molar-refractivity contribution in [3.05, 3.63) is 242 Å². The molecule has 12 rings (SSSR count). The summed E-state index contributed by atoms with van der Waals surface area (Å²) in [5.41, 5.74) is 16.8. The fraction of sp³-hybridized carbons (Fsp3) is 0.0333. The number of hydrogen-bond donors (Lipinski definition) is 0. The molecule has 0 bridgehead atoms. The van der Waals surface area contributed by atoms with E-state index in [1.165, 1.54) is 77.0 Å². The van der Waals surface area contributed by atoms with E-state index in [1.807, 2.05) is 0 Å². The van der Waals surface area contributed by atoms with E-state index >= 15 is 0 Å². The third-order valence-corrected chi connectivity index (χ3v) is 12.8. The van der Waals surface area contributed by atoms with Gasteiger partial charge in [-0.1, -0.05) is 164 Å². The van der Waals surface area contributed by atoms with Crippen LogP contribution in [-0.4, -0.2) is 9.13 Å². The second-order valence-corrected chi connectivity index (χ2v) is 16.4. The summed E-state index contributed by atoms with van der Waals surface area (Å²) in [5.74, 6) is 0. The van der Waals surface area contributed by atoms with Crippen molar-refractivity contribution in [1.29, 1.82) is 0 Å². The Kier molecular flexibility index (Phi) is 8.97. The number of anilines is 3. The third kappa shape index (κ3) is 6.20. The van der Waals surface area contributed by atoms with Crippen molar-refractivity contribution in [2.45, 2.75) is 12.8 Å². The number of nitrogens with zero attached hydrogens (tertiary/aromatic N) is 3. The van der Waals surface area contributed by atoms with Gasteiger partial charge in [0.25, 0.3) is 0 Å². The van der Waals surface area contributed by atoms with E-state index in [9.17, 15) is 0 Å². The first-order valence-electron chi connectivity index (χ1n) is 21.9. The molecule has 0 spiro atoms. The molecule has 2 heterocycles. The lowest BCUT2D eigenvalue weighted by molar-refractivity contribution is 1.05. The molecule has 0 saturated heterocycles. The summed E-state index contributed by atoms with van der Waals surface area (Å²) in [6.45, 7) is 0. The van der Waals surface area contributed by atoms with Crippen LogP contribution in [0.3, 0.4) is 0 Å². The lowest BCUT2D eigenvalue weighted by Crippen LogP contribution is -2.10. The highest BCUT2D eigenvalue weighted by Crippen LogP contribution is 2.46. The minimum Gasteiger partial charge on any atom is -0.311 e. The molecule has 298 valence electrons. The van der Waals surface area contributed by atoms with Gasteiger partial charge in [-0.2, -0.15) is 0 Å². The van der Waals surface area contributed by atoms with Crippen LogP contribution in [0.5, 0.6) is 0 Å². The number of allylic oxidation sites excluding steroid dienone is 4. The van der Waals surface area contributed by atoms with Crippen molar-refractivity contribution in [3.8, 4) is 33.8 Å².